The first-order valence-electron chi connectivity index (χ1n) is 5.10. The summed E-state index contributed by atoms with van der Waals surface area (Å²) in [4.78, 5) is 13.8. The lowest BCUT2D eigenvalue weighted by atomic mass is 9.86. The van der Waals surface area contributed by atoms with E-state index in [0.29, 0.717) is 6.54 Å². The quantitative estimate of drug-likeness (QED) is 0.604. The molecule has 0 amide bonds. The minimum atomic E-state index is -0.918. The van der Waals surface area contributed by atoms with E-state index in [1.165, 1.54) is 7.11 Å². The van der Waals surface area contributed by atoms with E-state index in [-0.39, 0.29) is 17.9 Å². The van der Waals surface area contributed by atoms with Gasteiger partial charge in [0.25, 0.3) is 0 Å². The van der Waals surface area contributed by atoms with Gasteiger partial charge in [0, 0.05) is 12.6 Å². The second kappa shape index (κ2) is 3.21. The van der Waals surface area contributed by atoms with Crippen molar-refractivity contribution >= 4 is 5.97 Å². The largest absolute Gasteiger partial charge is 0.469 e. The second-order valence-electron chi connectivity index (χ2n) is 4.54. The first-order valence-corrected chi connectivity index (χ1v) is 5.10. The van der Waals surface area contributed by atoms with Gasteiger partial charge >= 0.3 is 5.97 Å². The van der Waals surface area contributed by atoms with Crippen molar-refractivity contribution in [2.24, 2.45) is 5.92 Å². The van der Waals surface area contributed by atoms with Gasteiger partial charge in [0.05, 0.1) is 12.7 Å². The number of ether oxygens (including phenoxy) is 1. The maximum absolute atomic E-state index is 11.6. The van der Waals surface area contributed by atoms with Gasteiger partial charge in [0.1, 0.15) is 5.92 Å². The van der Waals surface area contributed by atoms with Crippen molar-refractivity contribution in [3.63, 3.8) is 0 Å². The molecule has 0 aromatic rings. The van der Waals surface area contributed by atoms with Crippen LogP contribution in [0.15, 0.2) is 0 Å². The lowest BCUT2D eigenvalue weighted by molar-refractivity contribution is -0.152. The predicted molar refractivity (Wildman–Crippen MR) is 50.7 cm³/mol. The van der Waals surface area contributed by atoms with Crippen LogP contribution in [0.2, 0.25) is 0 Å². The summed E-state index contributed by atoms with van der Waals surface area (Å²) in [6, 6.07) is 0.192. The number of carbonyl (C=O) groups is 1. The number of carbonyl (C=O) groups excluding carboxylic acids is 1. The third-order valence-electron chi connectivity index (χ3n) is 3.45. The maximum Gasteiger partial charge on any atom is 0.313 e. The Bertz CT molecular complexity index is 252. The average molecular weight is 199 g/mol. The molecule has 2 aliphatic heterocycles. The van der Waals surface area contributed by atoms with Gasteiger partial charge in [-0.2, -0.15) is 0 Å². The molecule has 0 radical (unpaired) electrons. The lowest BCUT2D eigenvalue weighted by Gasteiger charge is -2.24. The Hall–Kier alpha value is -0.610. The number of methoxy groups -OCH3 is 1. The van der Waals surface area contributed by atoms with Crippen molar-refractivity contribution in [1.82, 2.24) is 4.90 Å². The zero-order valence-corrected chi connectivity index (χ0v) is 8.69. The molecule has 4 nitrogen and oxygen atoms in total. The highest BCUT2D eigenvalue weighted by Gasteiger charge is 2.54. The van der Waals surface area contributed by atoms with Gasteiger partial charge in [0.2, 0.25) is 0 Å². The summed E-state index contributed by atoms with van der Waals surface area (Å²) in [5.74, 6) is -0.639. The summed E-state index contributed by atoms with van der Waals surface area (Å²) in [6.45, 7) is 3.32. The fraction of sp³-hybridized carbons (Fsp3) is 0.900. The smallest absolute Gasteiger partial charge is 0.313 e. The highest BCUT2D eigenvalue weighted by Crippen LogP contribution is 2.39. The van der Waals surface area contributed by atoms with Gasteiger partial charge in [0.15, 0.2) is 0 Å². The van der Waals surface area contributed by atoms with E-state index in [1.807, 2.05) is 0 Å². The van der Waals surface area contributed by atoms with E-state index >= 15 is 0 Å². The third-order valence-corrected chi connectivity index (χ3v) is 3.45. The number of hydrogen-bond acceptors (Lipinski definition) is 4. The van der Waals surface area contributed by atoms with Crippen molar-refractivity contribution in [1.29, 1.82) is 0 Å². The fourth-order valence-electron chi connectivity index (χ4n) is 2.89. The molecule has 1 N–H and O–H groups in total. The molecule has 0 aliphatic carbocycles. The Labute approximate surface area is 83.8 Å². The summed E-state index contributed by atoms with van der Waals surface area (Å²) in [5.41, 5.74) is -0.918. The standard InChI is InChI=1S/C10H17NO3/c1-10(13)6-11-5-3-4-7(11)8(10)9(12)14-2/h7-8,13H,3-6H2,1-2H3/t7-,8-,10+/m0/s1. The Morgan fingerprint density at radius 3 is 3.00 bits per heavy atom. The number of fused-ring (bicyclic) bond motifs is 1. The Kier molecular flexibility index (Phi) is 2.27. The van der Waals surface area contributed by atoms with Gasteiger partial charge in [-0.3, -0.25) is 9.69 Å². The van der Waals surface area contributed by atoms with Crippen LogP contribution in [0.4, 0.5) is 0 Å². The molecule has 0 unspecified atom stereocenters. The fourth-order valence-corrected chi connectivity index (χ4v) is 2.89. The molecule has 2 fully saturated rings. The van der Waals surface area contributed by atoms with Crippen LogP contribution in [0.25, 0.3) is 0 Å². The van der Waals surface area contributed by atoms with Gasteiger partial charge in [-0.25, -0.2) is 0 Å². The molecule has 2 aliphatic rings. The highest BCUT2D eigenvalue weighted by atomic mass is 16.5. The van der Waals surface area contributed by atoms with E-state index < -0.39 is 5.60 Å². The average Bonchev–Trinajstić information content (AvgIpc) is 2.59. The van der Waals surface area contributed by atoms with Crippen LogP contribution in [-0.4, -0.2) is 47.8 Å². The van der Waals surface area contributed by atoms with Crippen LogP contribution in [0.5, 0.6) is 0 Å². The normalized spacial score (nSPS) is 42.5. The Morgan fingerprint density at radius 2 is 2.36 bits per heavy atom. The number of nitrogens with zero attached hydrogens (tertiary/aromatic N) is 1. The molecule has 0 aromatic carbocycles. The SMILES string of the molecule is COC(=O)[C@@H]1[C@@H]2CCCN2C[C@@]1(C)O. The number of rotatable bonds is 1. The molecule has 2 rings (SSSR count). The van der Waals surface area contributed by atoms with E-state index in [9.17, 15) is 9.90 Å². The minimum Gasteiger partial charge on any atom is -0.469 e. The molecule has 80 valence electrons. The lowest BCUT2D eigenvalue weighted by Crippen LogP contribution is -2.41. The monoisotopic (exact) mass is 199 g/mol. The van der Waals surface area contributed by atoms with E-state index in [4.69, 9.17) is 4.74 Å². The van der Waals surface area contributed by atoms with Gasteiger partial charge in [-0.05, 0) is 26.3 Å². The van der Waals surface area contributed by atoms with E-state index in [0.717, 1.165) is 19.4 Å². The molecular formula is C10H17NO3. The number of esters is 1. The summed E-state index contributed by atoms with van der Waals surface area (Å²) >= 11 is 0. The Morgan fingerprint density at radius 1 is 1.64 bits per heavy atom. The van der Waals surface area contributed by atoms with Crippen LogP contribution < -0.4 is 0 Å². The van der Waals surface area contributed by atoms with Crippen molar-refractivity contribution in [3.05, 3.63) is 0 Å². The van der Waals surface area contributed by atoms with Gasteiger partial charge in [-0.15, -0.1) is 0 Å². The molecule has 0 aromatic heterocycles. The maximum atomic E-state index is 11.6. The van der Waals surface area contributed by atoms with Crippen LogP contribution in [0.3, 0.4) is 0 Å². The van der Waals surface area contributed by atoms with Gasteiger partial charge < -0.3 is 9.84 Å². The molecule has 0 spiro atoms. The van der Waals surface area contributed by atoms with Gasteiger partial charge in [-0.1, -0.05) is 0 Å². The zero-order valence-electron chi connectivity index (χ0n) is 8.69. The molecule has 2 saturated heterocycles. The summed E-state index contributed by atoms with van der Waals surface area (Å²) in [7, 11) is 1.38. The van der Waals surface area contributed by atoms with Crippen LogP contribution in [0, 0.1) is 5.92 Å². The van der Waals surface area contributed by atoms with Crippen molar-refractivity contribution < 1.29 is 14.6 Å². The highest BCUT2D eigenvalue weighted by molar-refractivity contribution is 5.75. The molecule has 2 heterocycles. The zero-order chi connectivity index (χ0) is 10.3. The molecule has 3 atom stereocenters. The summed E-state index contributed by atoms with van der Waals surface area (Å²) in [6.07, 6.45) is 2.12. The molecule has 14 heavy (non-hydrogen) atoms. The predicted octanol–water partition coefficient (Wildman–Crippen LogP) is 0.00460. The molecular weight excluding hydrogens is 182 g/mol. The summed E-state index contributed by atoms with van der Waals surface area (Å²) in [5, 5.41) is 10.1. The van der Waals surface area contributed by atoms with Crippen molar-refractivity contribution in [2.75, 3.05) is 20.2 Å². The first-order chi connectivity index (χ1) is 6.56. The topological polar surface area (TPSA) is 49.8 Å². The third kappa shape index (κ3) is 1.33. The first kappa shape index (κ1) is 9.93. The summed E-state index contributed by atoms with van der Waals surface area (Å²) < 4.78 is 4.75. The van der Waals surface area contributed by atoms with Crippen molar-refractivity contribution in [2.45, 2.75) is 31.4 Å². The Balaban J connectivity index is 2.22. The number of aliphatic hydroxyl groups is 1. The molecule has 0 bridgehead atoms. The van der Waals surface area contributed by atoms with Crippen molar-refractivity contribution in [3.8, 4) is 0 Å². The van der Waals surface area contributed by atoms with Crippen LogP contribution >= 0.6 is 0 Å². The number of hydrogen-bond donors (Lipinski definition) is 1. The van der Waals surface area contributed by atoms with E-state index in [2.05, 4.69) is 4.90 Å². The second-order valence-corrected chi connectivity index (χ2v) is 4.54. The van der Waals surface area contributed by atoms with Crippen LogP contribution in [-0.2, 0) is 9.53 Å². The molecule has 0 saturated carbocycles. The van der Waals surface area contributed by atoms with Crippen LogP contribution in [0.1, 0.15) is 19.8 Å². The van der Waals surface area contributed by atoms with E-state index in [1.54, 1.807) is 6.92 Å². The minimum absolute atomic E-state index is 0.192. The molecule has 4 heteroatoms.